The molecule has 0 radical (unpaired) electrons. The summed E-state index contributed by atoms with van der Waals surface area (Å²) >= 11 is 0. The molecule has 0 saturated heterocycles. The third kappa shape index (κ3) is 4.72. The van der Waals surface area contributed by atoms with Crippen LogP contribution >= 0.6 is 0 Å². The molecule has 1 heterocycles. The predicted molar refractivity (Wildman–Crippen MR) is 101 cm³/mol. The van der Waals surface area contributed by atoms with E-state index in [9.17, 15) is 10.1 Å². The van der Waals surface area contributed by atoms with Crippen molar-refractivity contribution in [3.8, 4) is 11.5 Å². The molecule has 0 aliphatic rings. The minimum absolute atomic E-state index is 0.0970. The summed E-state index contributed by atoms with van der Waals surface area (Å²) in [6, 6.07) is 16.9. The number of ether oxygens (including phenoxy) is 2. The van der Waals surface area contributed by atoms with Crippen molar-refractivity contribution in [1.29, 1.82) is 0 Å². The van der Waals surface area contributed by atoms with Gasteiger partial charge in [-0.3, -0.25) is 10.1 Å². The number of aryl methyl sites for hydroxylation is 1. The van der Waals surface area contributed by atoms with Gasteiger partial charge in [0.2, 0.25) is 5.76 Å². The predicted octanol–water partition coefficient (Wildman–Crippen LogP) is 4.52. The highest BCUT2D eigenvalue weighted by atomic mass is 16.6. The highest BCUT2D eigenvalue weighted by Crippen LogP contribution is 2.26. The van der Waals surface area contributed by atoms with Crippen molar-refractivity contribution in [3.63, 3.8) is 0 Å². The molecule has 0 N–H and O–H groups in total. The lowest BCUT2D eigenvalue weighted by Crippen LogP contribution is -2.09. The van der Waals surface area contributed by atoms with E-state index in [4.69, 9.17) is 14.0 Å². The average molecular weight is 366 g/mol. The quantitative estimate of drug-likeness (QED) is 0.331. The number of hydrogen-bond donors (Lipinski definition) is 0. The van der Waals surface area contributed by atoms with E-state index in [1.165, 1.54) is 13.0 Å². The zero-order valence-corrected chi connectivity index (χ0v) is 14.7. The average Bonchev–Trinajstić information content (AvgIpc) is 3.06. The van der Waals surface area contributed by atoms with Gasteiger partial charge in [-0.2, -0.15) is 0 Å². The normalized spacial score (nSPS) is 10.9. The molecule has 1 aromatic heterocycles. The van der Waals surface area contributed by atoms with Crippen molar-refractivity contribution < 1.29 is 18.9 Å². The first-order valence-corrected chi connectivity index (χ1v) is 8.33. The fourth-order valence-electron chi connectivity index (χ4n) is 2.46. The van der Waals surface area contributed by atoms with Crippen molar-refractivity contribution in [2.24, 2.45) is 0 Å². The number of para-hydroxylation sites is 2. The van der Waals surface area contributed by atoms with Crippen molar-refractivity contribution in [1.82, 2.24) is 5.16 Å². The maximum absolute atomic E-state index is 11.1. The standard InChI is InChI=1S/C20H18N2O5/c1-15-20(22(23)24)19(27-21-15)12-11-16-7-5-6-10-18(16)26-14-13-25-17-8-3-2-4-9-17/h2-12H,13-14H2,1H3/b12-11-. The summed E-state index contributed by atoms with van der Waals surface area (Å²) in [6.45, 7) is 2.29. The topological polar surface area (TPSA) is 87.6 Å². The molecule has 27 heavy (non-hydrogen) atoms. The van der Waals surface area contributed by atoms with Crippen molar-refractivity contribution in [3.05, 3.63) is 81.7 Å². The molecular formula is C20H18N2O5. The molecule has 0 spiro atoms. The van der Waals surface area contributed by atoms with Crippen LogP contribution in [0.1, 0.15) is 17.0 Å². The Morgan fingerprint density at radius 3 is 2.52 bits per heavy atom. The Kier molecular flexibility index (Phi) is 5.84. The van der Waals surface area contributed by atoms with E-state index in [2.05, 4.69) is 5.16 Å². The van der Waals surface area contributed by atoms with Gasteiger partial charge in [0.25, 0.3) is 0 Å². The Balaban J connectivity index is 1.65. The first kappa shape index (κ1) is 18.2. The Labute approximate surface area is 156 Å². The third-order valence-electron chi connectivity index (χ3n) is 3.73. The molecule has 3 aromatic rings. The summed E-state index contributed by atoms with van der Waals surface area (Å²) in [4.78, 5) is 10.6. The van der Waals surface area contributed by atoms with Crippen LogP contribution < -0.4 is 9.47 Å². The first-order chi connectivity index (χ1) is 13.1. The summed E-state index contributed by atoms with van der Waals surface area (Å²) in [5.41, 5.74) is 0.865. The Morgan fingerprint density at radius 2 is 1.74 bits per heavy atom. The molecule has 0 aliphatic carbocycles. The highest BCUT2D eigenvalue weighted by Gasteiger charge is 2.21. The Morgan fingerprint density at radius 1 is 1.04 bits per heavy atom. The van der Waals surface area contributed by atoms with Gasteiger partial charge in [-0.05, 0) is 37.3 Å². The maximum atomic E-state index is 11.1. The summed E-state index contributed by atoms with van der Waals surface area (Å²) < 4.78 is 16.4. The van der Waals surface area contributed by atoms with Crippen LogP contribution in [-0.2, 0) is 0 Å². The second-order valence-corrected chi connectivity index (χ2v) is 5.62. The van der Waals surface area contributed by atoms with Crippen LogP contribution in [0.5, 0.6) is 11.5 Å². The highest BCUT2D eigenvalue weighted by molar-refractivity contribution is 5.74. The van der Waals surface area contributed by atoms with Crippen LogP contribution in [0, 0.1) is 17.0 Å². The molecule has 0 bridgehead atoms. The lowest BCUT2D eigenvalue weighted by atomic mass is 10.1. The Hall–Kier alpha value is -3.61. The van der Waals surface area contributed by atoms with Gasteiger partial charge in [-0.15, -0.1) is 0 Å². The van der Waals surface area contributed by atoms with Crippen LogP contribution in [0.15, 0.2) is 59.1 Å². The van der Waals surface area contributed by atoms with Gasteiger partial charge in [0.05, 0.1) is 4.92 Å². The molecule has 0 aliphatic heterocycles. The molecule has 0 unspecified atom stereocenters. The zero-order chi connectivity index (χ0) is 19.1. The van der Waals surface area contributed by atoms with E-state index in [0.29, 0.717) is 19.0 Å². The largest absolute Gasteiger partial charge is 0.490 e. The molecule has 7 nitrogen and oxygen atoms in total. The van der Waals surface area contributed by atoms with Gasteiger partial charge in [-0.1, -0.05) is 41.6 Å². The minimum Gasteiger partial charge on any atom is -0.490 e. The zero-order valence-electron chi connectivity index (χ0n) is 14.7. The fraction of sp³-hybridized carbons (Fsp3) is 0.150. The van der Waals surface area contributed by atoms with Crippen LogP contribution in [0.25, 0.3) is 12.2 Å². The molecule has 0 fully saturated rings. The molecule has 0 atom stereocenters. The first-order valence-electron chi connectivity index (χ1n) is 8.33. The lowest BCUT2D eigenvalue weighted by Gasteiger charge is -2.10. The van der Waals surface area contributed by atoms with E-state index in [1.54, 1.807) is 6.08 Å². The van der Waals surface area contributed by atoms with Crippen LogP contribution in [0.2, 0.25) is 0 Å². The third-order valence-corrected chi connectivity index (χ3v) is 3.73. The van der Waals surface area contributed by atoms with E-state index >= 15 is 0 Å². The van der Waals surface area contributed by atoms with Gasteiger partial charge in [0, 0.05) is 5.56 Å². The van der Waals surface area contributed by atoms with Gasteiger partial charge < -0.3 is 14.0 Å². The molecule has 0 saturated carbocycles. The van der Waals surface area contributed by atoms with Gasteiger partial charge in [-0.25, -0.2) is 0 Å². The molecule has 0 amide bonds. The molecule has 3 rings (SSSR count). The van der Waals surface area contributed by atoms with Crippen molar-refractivity contribution in [2.75, 3.05) is 13.2 Å². The van der Waals surface area contributed by atoms with E-state index in [0.717, 1.165) is 11.3 Å². The van der Waals surface area contributed by atoms with Gasteiger partial charge >= 0.3 is 5.69 Å². The van der Waals surface area contributed by atoms with E-state index in [1.807, 2.05) is 54.6 Å². The summed E-state index contributed by atoms with van der Waals surface area (Å²) in [5, 5.41) is 14.8. The molecule has 2 aromatic carbocycles. The second-order valence-electron chi connectivity index (χ2n) is 5.62. The van der Waals surface area contributed by atoms with E-state index < -0.39 is 4.92 Å². The number of nitrogens with zero attached hydrogens (tertiary/aromatic N) is 2. The van der Waals surface area contributed by atoms with Crippen LogP contribution in [0.3, 0.4) is 0 Å². The number of rotatable bonds is 8. The Bertz CT molecular complexity index is 935. The smallest absolute Gasteiger partial charge is 0.338 e. The summed E-state index contributed by atoms with van der Waals surface area (Å²) in [5.74, 6) is 1.52. The van der Waals surface area contributed by atoms with Crippen molar-refractivity contribution >= 4 is 17.8 Å². The van der Waals surface area contributed by atoms with Crippen molar-refractivity contribution in [2.45, 2.75) is 6.92 Å². The molecule has 138 valence electrons. The summed E-state index contributed by atoms with van der Waals surface area (Å²) in [6.07, 6.45) is 3.21. The number of benzene rings is 2. The fourth-order valence-corrected chi connectivity index (χ4v) is 2.46. The SMILES string of the molecule is Cc1noc(/C=C\c2ccccc2OCCOc2ccccc2)c1[N+](=O)[O-]. The van der Waals surface area contributed by atoms with Crippen LogP contribution in [0.4, 0.5) is 5.69 Å². The maximum Gasteiger partial charge on any atom is 0.338 e. The van der Waals surface area contributed by atoms with Gasteiger partial charge in [0.1, 0.15) is 24.7 Å². The summed E-state index contributed by atoms with van der Waals surface area (Å²) in [7, 11) is 0. The number of aromatic nitrogens is 1. The minimum atomic E-state index is -0.505. The number of nitro groups is 1. The number of hydrogen-bond acceptors (Lipinski definition) is 6. The van der Waals surface area contributed by atoms with E-state index in [-0.39, 0.29) is 17.1 Å². The second kappa shape index (κ2) is 8.66. The molecular weight excluding hydrogens is 348 g/mol. The lowest BCUT2D eigenvalue weighted by molar-refractivity contribution is -0.386. The van der Waals surface area contributed by atoms with Gasteiger partial charge in [0.15, 0.2) is 5.69 Å². The monoisotopic (exact) mass is 366 g/mol. The van der Waals surface area contributed by atoms with Crippen LogP contribution in [-0.4, -0.2) is 23.3 Å². The molecule has 7 heteroatoms.